The van der Waals surface area contributed by atoms with Crippen LogP contribution in [0.5, 0.6) is 0 Å². The van der Waals surface area contributed by atoms with E-state index in [1.165, 1.54) is 5.56 Å². The maximum atomic E-state index is 13.2. The highest BCUT2D eigenvalue weighted by Crippen LogP contribution is 2.31. The average molecular weight is 589 g/mol. The monoisotopic (exact) mass is 587 g/mol. The quantitative estimate of drug-likeness (QED) is 0.471. The molecule has 2 aliphatic rings. The van der Waals surface area contributed by atoms with Gasteiger partial charge in [-0.1, -0.05) is 23.2 Å². The van der Waals surface area contributed by atoms with Gasteiger partial charge in [-0.15, -0.1) is 24.8 Å². The normalized spacial score (nSPS) is 16.1. The number of fused-ring (bicyclic) bond motifs is 3. The molecular formula is C25H29Cl4N5O3. The summed E-state index contributed by atoms with van der Waals surface area (Å²) < 4.78 is 2.18. The minimum absolute atomic E-state index is 0. The Balaban J connectivity index is 0.00000190. The first kappa shape index (κ1) is 29.5. The summed E-state index contributed by atoms with van der Waals surface area (Å²) in [6.45, 7) is 4.86. The first-order valence-corrected chi connectivity index (χ1v) is 12.5. The number of piperazine rings is 1. The molecule has 1 N–H and O–H groups in total. The third kappa shape index (κ3) is 6.69. The highest BCUT2D eigenvalue weighted by atomic mass is 35.5. The highest BCUT2D eigenvalue weighted by Gasteiger charge is 2.29. The van der Waals surface area contributed by atoms with E-state index in [2.05, 4.69) is 20.5 Å². The van der Waals surface area contributed by atoms with E-state index >= 15 is 0 Å². The predicted molar refractivity (Wildman–Crippen MR) is 149 cm³/mol. The maximum absolute atomic E-state index is 13.2. The fourth-order valence-corrected chi connectivity index (χ4v) is 5.69. The van der Waals surface area contributed by atoms with E-state index in [1.807, 2.05) is 28.0 Å². The number of benzene rings is 1. The molecular weight excluding hydrogens is 560 g/mol. The van der Waals surface area contributed by atoms with Crippen LogP contribution in [0, 0.1) is 0 Å². The average Bonchev–Trinajstić information content (AvgIpc) is 3.12. The van der Waals surface area contributed by atoms with E-state index in [1.54, 1.807) is 12.3 Å². The first-order chi connectivity index (χ1) is 16.9. The first-order valence-electron chi connectivity index (χ1n) is 11.7. The molecule has 200 valence electrons. The van der Waals surface area contributed by atoms with Crippen molar-refractivity contribution in [3.8, 4) is 0 Å². The number of amides is 1. The lowest BCUT2D eigenvalue weighted by atomic mass is 10.0. The number of carboxylic acid groups (broad SMARTS) is 1. The molecule has 0 radical (unpaired) electrons. The number of rotatable bonds is 6. The van der Waals surface area contributed by atoms with Crippen LogP contribution in [0.3, 0.4) is 0 Å². The van der Waals surface area contributed by atoms with Gasteiger partial charge < -0.3 is 14.6 Å². The van der Waals surface area contributed by atoms with Crippen LogP contribution in [0.2, 0.25) is 10.0 Å². The Morgan fingerprint density at radius 1 is 0.946 bits per heavy atom. The van der Waals surface area contributed by atoms with Crippen molar-refractivity contribution in [1.82, 2.24) is 24.3 Å². The Labute approximate surface area is 237 Å². The fourth-order valence-electron chi connectivity index (χ4n) is 5.12. The molecule has 0 saturated carbocycles. The van der Waals surface area contributed by atoms with Crippen LogP contribution in [0.15, 0.2) is 36.5 Å². The van der Waals surface area contributed by atoms with Crippen LogP contribution < -0.4 is 0 Å². The summed E-state index contributed by atoms with van der Waals surface area (Å²) in [5.41, 5.74) is 4.22. The van der Waals surface area contributed by atoms with Gasteiger partial charge in [0.15, 0.2) is 0 Å². The lowest BCUT2D eigenvalue weighted by Crippen LogP contribution is -2.51. The third-order valence-electron chi connectivity index (χ3n) is 6.81. The van der Waals surface area contributed by atoms with E-state index in [4.69, 9.17) is 28.3 Å². The van der Waals surface area contributed by atoms with Crippen LogP contribution in [-0.2, 0) is 29.1 Å². The van der Waals surface area contributed by atoms with Crippen molar-refractivity contribution < 1.29 is 14.7 Å². The molecule has 1 saturated heterocycles. The molecule has 37 heavy (non-hydrogen) atoms. The molecule has 4 heterocycles. The zero-order chi connectivity index (χ0) is 24.5. The summed E-state index contributed by atoms with van der Waals surface area (Å²) in [4.78, 5) is 34.8. The second-order valence-electron chi connectivity index (χ2n) is 9.17. The number of aliphatic carboxylic acids is 1. The molecule has 8 nitrogen and oxygen atoms in total. The maximum Gasteiger partial charge on any atom is 0.317 e. The van der Waals surface area contributed by atoms with Gasteiger partial charge in [0.05, 0.1) is 19.6 Å². The third-order valence-corrected chi connectivity index (χ3v) is 7.25. The lowest BCUT2D eigenvalue weighted by Gasteiger charge is -2.35. The summed E-state index contributed by atoms with van der Waals surface area (Å²) in [6.07, 6.45) is 2.57. The number of carbonyl (C=O) groups is 2. The number of hydrogen-bond acceptors (Lipinski definition) is 5. The van der Waals surface area contributed by atoms with E-state index in [-0.39, 0.29) is 37.3 Å². The molecule has 0 spiro atoms. The zero-order valence-electron chi connectivity index (χ0n) is 20.1. The van der Waals surface area contributed by atoms with Crippen LogP contribution >= 0.6 is 48.0 Å². The SMILES string of the molecule is Cl.Cl.O=C(O)CN1CCN(CC(=O)N2CCc3c(n(Cc4cc(Cl)cc(Cl)c4)c4ncccc34)C2)CC1. The van der Waals surface area contributed by atoms with Crippen LogP contribution in [-0.4, -0.2) is 87.0 Å². The number of halogens is 4. The second-order valence-corrected chi connectivity index (χ2v) is 10.0. The topological polar surface area (TPSA) is 81.9 Å². The predicted octanol–water partition coefficient (Wildman–Crippen LogP) is 3.82. The molecule has 1 fully saturated rings. The van der Waals surface area contributed by atoms with Gasteiger partial charge in [-0.25, -0.2) is 4.98 Å². The van der Waals surface area contributed by atoms with Crippen LogP contribution in [0.25, 0.3) is 11.0 Å². The smallest absolute Gasteiger partial charge is 0.317 e. The molecule has 0 bridgehead atoms. The molecule has 0 aliphatic carbocycles. The van der Waals surface area contributed by atoms with E-state index < -0.39 is 5.97 Å². The van der Waals surface area contributed by atoms with Crippen molar-refractivity contribution in [1.29, 1.82) is 0 Å². The number of carbonyl (C=O) groups excluding carboxylic acids is 1. The molecule has 1 aromatic carbocycles. The number of aromatic nitrogens is 2. The van der Waals surface area contributed by atoms with Crippen molar-refractivity contribution in [2.45, 2.75) is 19.5 Å². The Bertz CT molecular complexity index is 1260. The Morgan fingerprint density at radius 2 is 1.59 bits per heavy atom. The van der Waals surface area contributed by atoms with Crippen LogP contribution in [0.4, 0.5) is 0 Å². The minimum Gasteiger partial charge on any atom is -0.480 e. The minimum atomic E-state index is -0.816. The van der Waals surface area contributed by atoms with Gasteiger partial charge in [0, 0.05) is 66.6 Å². The summed E-state index contributed by atoms with van der Waals surface area (Å²) in [7, 11) is 0. The van der Waals surface area contributed by atoms with E-state index in [9.17, 15) is 9.59 Å². The lowest BCUT2D eigenvalue weighted by molar-refractivity contribution is -0.139. The van der Waals surface area contributed by atoms with Gasteiger partial charge in [0.25, 0.3) is 0 Å². The number of hydrogen-bond donors (Lipinski definition) is 1. The second kappa shape index (κ2) is 12.7. The molecule has 1 amide bonds. The molecule has 2 aromatic heterocycles. The molecule has 5 rings (SSSR count). The van der Waals surface area contributed by atoms with Gasteiger partial charge in [-0.05, 0) is 47.9 Å². The Morgan fingerprint density at radius 3 is 2.24 bits per heavy atom. The summed E-state index contributed by atoms with van der Waals surface area (Å²) in [5, 5.41) is 11.3. The summed E-state index contributed by atoms with van der Waals surface area (Å²) in [5.74, 6) is -0.721. The molecule has 12 heteroatoms. The Hall–Kier alpha value is -2.07. The highest BCUT2D eigenvalue weighted by molar-refractivity contribution is 6.34. The van der Waals surface area contributed by atoms with Crippen molar-refractivity contribution >= 4 is 70.9 Å². The molecule has 0 atom stereocenters. The fraction of sp³-hybridized carbons (Fsp3) is 0.400. The van der Waals surface area contributed by atoms with Crippen molar-refractivity contribution in [3.05, 3.63) is 63.4 Å². The van der Waals surface area contributed by atoms with Gasteiger partial charge in [-0.3, -0.25) is 19.4 Å². The van der Waals surface area contributed by atoms with Crippen molar-refractivity contribution in [2.24, 2.45) is 0 Å². The van der Waals surface area contributed by atoms with Gasteiger partial charge in [-0.2, -0.15) is 0 Å². The summed E-state index contributed by atoms with van der Waals surface area (Å²) in [6, 6.07) is 9.58. The van der Waals surface area contributed by atoms with Crippen molar-refractivity contribution in [2.75, 3.05) is 45.8 Å². The Kier molecular flexibility index (Phi) is 10.1. The molecule has 0 unspecified atom stereocenters. The van der Waals surface area contributed by atoms with Gasteiger partial charge in [0.2, 0.25) is 5.91 Å². The molecule has 3 aromatic rings. The standard InChI is InChI=1S/C25H27Cl2N5O3.2ClH/c26-18-10-17(11-19(27)12-18)13-32-22-14-31(5-3-20(22)21-2-1-4-28-25(21)32)23(33)15-29-6-8-30(9-7-29)16-24(34)35;;/h1-2,4,10-12H,3,5-9,13-16H2,(H,34,35);2*1H. The summed E-state index contributed by atoms with van der Waals surface area (Å²) >= 11 is 12.5. The van der Waals surface area contributed by atoms with Gasteiger partial charge >= 0.3 is 5.97 Å². The van der Waals surface area contributed by atoms with Crippen molar-refractivity contribution in [3.63, 3.8) is 0 Å². The largest absolute Gasteiger partial charge is 0.480 e. The number of nitrogens with zero attached hydrogens (tertiary/aromatic N) is 5. The van der Waals surface area contributed by atoms with Crippen LogP contribution in [0.1, 0.15) is 16.8 Å². The molecule has 2 aliphatic heterocycles. The zero-order valence-corrected chi connectivity index (χ0v) is 23.3. The van der Waals surface area contributed by atoms with Gasteiger partial charge in [0.1, 0.15) is 5.65 Å². The van der Waals surface area contributed by atoms with E-state index in [0.717, 1.165) is 28.7 Å². The number of carboxylic acids is 1. The van der Waals surface area contributed by atoms with E-state index in [0.29, 0.717) is 62.4 Å². The number of pyridine rings is 1.